The van der Waals surface area contributed by atoms with Gasteiger partial charge >= 0.3 is 12.4 Å². The van der Waals surface area contributed by atoms with E-state index in [1.165, 1.54) is 4.90 Å². The summed E-state index contributed by atoms with van der Waals surface area (Å²) >= 11 is 5.97. The molecule has 2 aliphatic heterocycles. The van der Waals surface area contributed by atoms with Crippen LogP contribution in [0.1, 0.15) is 66.9 Å². The van der Waals surface area contributed by atoms with Crippen molar-refractivity contribution in [2.45, 2.75) is 75.5 Å². The van der Waals surface area contributed by atoms with Crippen LogP contribution in [-0.2, 0) is 17.1 Å². The fourth-order valence-electron chi connectivity index (χ4n) is 6.44. The first-order chi connectivity index (χ1) is 22.7. The zero-order chi connectivity index (χ0) is 34.7. The number of alkyl halides is 6. The number of hydrogen-bond donors (Lipinski definition) is 0. The number of carbonyl (C=O) groups is 2. The summed E-state index contributed by atoms with van der Waals surface area (Å²) in [6.07, 6.45) is -6.08. The topological polar surface area (TPSA) is 72.0 Å². The van der Waals surface area contributed by atoms with Gasteiger partial charge in [-0.25, -0.2) is 0 Å². The van der Waals surface area contributed by atoms with Crippen LogP contribution in [0.25, 0.3) is 0 Å². The highest BCUT2D eigenvalue weighted by molar-refractivity contribution is 6.30. The first kappa shape index (κ1) is 35.3. The van der Waals surface area contributed by atoms with Crippen LogP contribution in [0.5, 0.6) is 11.5 Å². The molecule has 2 aliphatic rings. The van der Waals surface area contributed by atoms with Crippen molar-refractivity contribution >= 4 is 23.4 Å². The van der Waals surface area contributed by atoms with Crippen molar-refractivity contribution in [2.75, 3.05) is 19.6 Å². The van der Waals surface area contributed by atoms with E-state index >= 15 is 0 Å². The monoisotopic (exact) mass is 697 g/mol. The minimum absolute atomic E-state index is 0.0370. The molecular weight excluding hydrogens is 664 g/mol. The first-order valence-corrected chi connectivity index (χ1v) is 16.0. The molecule has 5 rings (SSSR count). The molecule has 2 aromatic carbocycles. The summed E-state index contributed by atoms with van der Waals surface area (Å²) in [6, 6.07) is 10.4. The van der Waals surface area contributed by atoms with Crippen molar-refractivity contribution in [1.82, 2.24) is 14.8 Å². The summed E-state index contributed by atoms with van der Waals surface area (Å²) < 4.78 is 94.4. The van der Waals surface area contributed by atoms with Crippen molar-refractivity contribution in [3.05, 3.63) is 88.7 Å². The summed E-state index contributed by atoms with van der Waals surface area (Å²) in [5.74, 6) is -0.878. The molecule has 3 heterocycles. The Morgan fingerprint density at radius 3 is 2.17 bits per heavy atom. The molecule has 0 spiro atoms. The Bertz CT molecular complexity index is 1580. The van der Waals surface area contributed by atoms with Crippen LogP contribution in [0.2, 0.25) is 5.02 Å². The Labute approximate surface area is 278 Å². The predicted octanol–water partition coefficient (Wildman–Crippen LogP) is 8.07. The Balaban J connectivity index is 1.48. The van der Waals surface area contributed by atoms with Gasteiger partial charge in [-0.1, -0.05) is 24.9 Å². The number of amides is 2. The van der Waals surface area contributed by atoms with Crippen molar-refractivity contribution in [1.29, 1.82) is 0 Å². The van der Waals surface area contributed by atoms with Gasteiger partial charge in [-0.2, -0.15) is 26.3 Å². The predicted molar refractivity (Wildman–Crippen MR) is 165 cm³/mol. The largest absolute Gasteiger partial charge is 0.490 e. The smallest absolute Gasteiger partial charge is 0.417 e. The molecule has 0 radical (unpaired) electrons. The third-order valence-electron chi connectivity index (χ3n) is 8.73. The molecule has 0 N–H and O–H groups in total. The molecule has 1 aromatic heterocycles. The molecule has 14 heteroatoms. The van der Waals surface area contributed by atoms with Crippen molar-refractivity contribution < 1.29 is 45.4 Å². The molecule has 258 valence electrons. The molecule has 7 nitrogen and oxygen atoms in total. The maximum Gasteiger partial charge on any atom is 0.417 e. The first-order valence-electron chi connectivity index (χ1n) is 15.6. The fourth-order valence-corrected chi connectivity index (χ4v) is 6.57. The maximum absolute atomic E-state index is 14.7. The molecule has 3 aromatic rings. The zero-order valence-corrected chi connectivity index (χ0v) is 26.7. The van der Waals surface area contributed by atoms with Gasteiger partial charge < -0.3 is 19.3 Å². The van der Waals surface area contributed by atoms with Crippen molar-refractivity contribution in [3.8, 4) is 11.5 Å². The minimum atomic E-state index is -4.84. The molecule has 0 bridgehead atoms. The molecule has 2 fully saturated rings. The van der Waals surface area contributed by atoms with E-state index in [2.05, 4.69) is 4.98 Å². The van der Waals surface area contributed by atoms with E-state index in [9.17, 15) is 35.9 Å². The summed E-state index contributed by atoms with van der Waals surface area (Å²) in [6.45, 7) is 2.35. The molecular formula is C34H34ClF6N3O4. The molecule has 48 heavy (non-hydrogen) atoms. The highest BCUT2D eigenvalue weighted by Crippen LogP contribution is 2.41. The Hall–Kier alpha value is -4.00. The quantitative estimate of drug-likeness (QED) is 0.223. The number of likely N-dealkylation sites (tertiary alicyclic amines) is 2. The highest BCUT2D eigenvalue weighted by Gasteiger charge is 2.56. The molecule has 2 saturated heterocycles. The third kappa shape index (κ3) is 7.66. The highest BCUT2D eigenvalue weighted by atomic mass is 35.5. The van der Waals surface area contributed by atoms with Crippen LogP contribution in [0.15, 0.2) is 67.0 Å². The van der Waals surface area contributed by atoms with Gasteiger partial charge in [0.25, 0.3) is 11.8 Å². The number of nitrogens with zero attached hydrogens (tertiary/aromatic N) is 3. The van der Waals surface area contributed by atoms with Crippen LogP contribution in [0, 0.1) is 0 Å². The van der Waals surface area contributed by atoms with E-state index in [0.717, 1.165) is 42.7 Å². The van der Waals surface area contributed by atoms with Gasteiger partial charge in [-0.05, 0) is 67.4 Å². The van der Waals surface area contributed by atoms with Gasteiger partial charge in [-0.3, -0.25) is 14.6 Å². The van der Waals surface area contributed by atoms with E-state index in [0.29, 0.717) is 30.0 Å². The number of aromatic nitrogens is 1. The average Bonchev–Trinajstić information content (AvgIpc) is 3.06. The summed E-state index contributed by atoms with van der Waals surface area (Å²) in [4.78, 5) is 35.2. The number of halogens is 7. The van der Waals surface area contributed by atoms with E-state index in [1.807, 2.05) is 0 Å². The van der Waals surface area contributed by atoms with Crippen LogP contribution in [0.3, 0.4) is 0 Å². The van der Waals surface area contributed by atoms with Gasteiger partial charge in [0, 0.05) is 56.3 Å². The average molecular weight is 698 g/mol. The van der Waals surface area contributed by atoms with E-state index in [4.69, 9.17) is 21.1 Å². The number of carbonyl (C=O) groups excluding carboxylic acids is 2. The second-order valence-electron chi connectivity index (χ2n) is 11.9. The standard InChI is InChI=1S/C34H34ClF6N3O4/c1-2-4-29-32(48-26-9-5-22(6-10-26)33(36,37)38,16-3-18-44(29)30(45)27-21-42-17-13-28(27)34(39,40)41)31(46)43-19-14-25(15-20-43)47-24-11-7-23(35)8-12-24/h5-13,17,21,25,29H,2-4,14-16,18-20H2,1H3/t29-,32+/m1/s1. The number of rotatable bonds is 8. The van der Waals surface area contributed by atoms with Gasteiger partial charge in [0.1, 0.15) is 17.6 Å². The Kier molecular flexibility index (Phi) is 10.5. The van der Waals surface area contributed by atoms with Gasteiger partial charge in [0.05, 0.1) is 22.7 Å². The lowest BCUT2D eigenvalue weighted by molar-refractivity contribution is -0.161. The Morgan fingerprint density at radius 1 is 0.917 bits per heavy atom. The van der Waals surface area contributed by atoms with E-state index in [1.54, 1.807) is 36.1 Å². The second kappa shape index (κ2) is 14.2. The lowest BCUT2D eigenvalue weighted by Gasteiger charge is -2.50. The van der Waals surface area contributed by atoms with Crippen LogP contribution in [-0.4, -0.2) is 64.0 Å². The lowest BCUT2D eigenvalue weighted by atomic mass is 9.79. The van der Waals surface area contributed by atoms with E-state index < -0.39 is 52.5 Å². The number of pyridine rings is 1. The molecule has 2 amide bonds. The second-order valence-corrected chi connectivity index (χ2v) is 12.3. The summed E-state index contributed by atoms with van der Waals surface area (Å²) in [7, 11) is 0. The SMILES string of the molecule is CCC[C@H]1N(C(=O)c2cnccc2C(F)(F)F)CCC[C@@]1(Oc1ccc(C(F)(F)F)cc1)C(=O)N1CCC(Oc2ccc(Cl)cc2)CC1. The van der Waals surface area contributed by atoms with Gasteiger partial charge in [-0.15, -0.1) is 0 Å². The summed E-state index contributed by atoms with van der Waals surface area (Å²) in [5.41, 5.74) is -4.54. The Morgan fingerprint density at radius 2 is 1.56 bits per heavy atom. The van der Waals surface area contributed by atoms with Crippen molar-refractivity contribution in [3.63, 3.8) is 0 Å². The van der Waals surface area contributed by atoms with Gasteiger partial charge in [0.2, 0.25) is 5.60 Å². The van der Waals surface area contributed by atoms with Crippen molar-refractivity contribution in [2.24, 2.45) is 0 Å². The number of piperidine rings is 2. The number of hydrogen-bond acceptors (Lipinski definition) is 5. The van der Waals surface area contributed by atoms with Gasteiger partial charge in [0.15, 0.2) is 0 Å². The molecule has 2 atom stereocenters. The minimum Gasteiger partial charge on any atom is -0.490 e. The molecule has 0 saturated carbocycles. The maximum atomic E-state index is 14.7. The fraction of sp³-hybridized carbons (Fsp3) is 0.441. The summed E-state index contributed by atoms with van der Waals surface area (Å²) in [5, 5.41) is 0.556. The number of ether oxygens (including phenoxy) is 2. The molecule has 0 aliphatic carbocycles. The molecule has 0 unspecified atom stereocenters. The lowest BCUT2D eigenvalue weighted by Crippen LogP contribution is -2.68. The number of benzene rings is 2. The van der Waals surface area contributed by atoms with Crippen LogP contribution in [0.4, 0.5) is 26.3 Å². The zero-order valence-electron chi connectivity index (χ0n) is 26.0. The normalized spacial score (nSPS) is 20.8. The van der Waals surface area contributed by atoms with Crippen LogP contribution < -0.4 is 9.47 Å². The van der Waals surface area contributed by atoms with E-state index in [-0.39, 0.29) is 50.8 Å². The third-order valence-corrected chi connectivity index (χ3v) is 8.98. The van der Waals surface area contributed by atoms with Crippen LogP contribution >= 0.6 is 11.6 Å².